The van der Waals surface area contributed by atoms with Gasteiger partial charge in [0.15, 0.2) is 0 Å². The SMILES string of the molecule is COc1ccc(NC(=O)N2CCN(Cc3c(F)cccc3Cl)CC2)cc1. The molecule has 138 valence electrons. The summed E-state index contributed by atoms with van der Waals surface area (Å²) in [5, 5.41) is 3.31. The molecular weight excluding hydrogens is 357 g/mol. The summed E-state index contributed by atoms with van der Waals surface area (Å²) in [6.45, 7) is 2.93. The number of anilines is 1. The normalized spacial score (nSPS) is 15.0. The summed E-state index contributed by atoms with van der Waals surface area (Å²) >= 11 is 6.09. The number of benzene rings is 2. The first kappa shape index (κ1) is 18.5. The summed E-state index contributed by atoms with van der Waals surface area (Å²) < 4.78 is 19.0. The molecule has 26 heavy (non-hydrogen) atoms. The van der Waals surface area contributed by atoms with Crippen LogP contribution < -0.4 is 10.1 Å². The van der Waals surface area contributed by atoms with Crippen molar-refractivity contribution < 1.29 is 13.9 Å². The number of amides is 2. The molecule has 1 fully saturated rings. The zero-order chi connectivity index (χ0) is 18.5. The highest BCUT2D eigenvalue weighted by atomic mass is 35.5. The smallest absolute Gasteiger partial charge is 0.321 e. The lowest BCUT2D eigenvalue weighted by Gasteiger charge is -2.34. The highest BCUT2D eigenvalue weighted by molar-refractivity contribution is 6.31. The number of carbonyl (C=O) groups is 1. The molecule has 2 amide bonds. The highest BCUT2D eigenvalue weighted by Crippen LogP contribution is 2.21. The summed E-state index contributed by atoms with van der Waals surface area (Å²) in [5.74, 6) is 0.445. The molecule has 1 saturated heterocycles. The van der Waals surface area contributed by atoms with Gasteiger partial charge in [0.05, 0.1) is 7.11 Å². The van der Waals surface area contributed by atoms with Crippen LogP contribution in [-0.4, -0.2) is 49.1 Å². The predicted molar refractivity (Wildman–Crippen MR) is 100 cm³/mol. The monoisotopic (exact) mass is 377 g/mol. The van der Waals surface area contributed by atoms with Crippen molar-refractivity contribution in [3.8, 4) is 5.75 Å². The van der Waals surface area contributed by atoms with Crippen LogP contribution in [0.3, 0.4) is 0 Å². The average molecular weight is 378 g/mol. The summed E-state index contributed by atoms with van der Waals surface area (Å²) in [6, 6.07) is 11.8. The van der Waals surface area contributed by atoms with E-state index in [1.165, 1.54) is 6.07 Å². The van der Waals surface area contributed by atoms with Crippen LogP contribution in [0.1, 0.15) is 5.56 Å². The van der Waals surface area contributed by atoms with E-state index in [4.69, 9.17) is 16.3 Å². The number of ether oxygens (including phenoxy) is 1. The van der Waals surface area contributed by atoms with Gasteiger partial charge in [0.1, 0.15) is 11.6 Å². The van der Waals surface area contributed by atoms with Crippen molar-refractivity contribution in [2.24, 2.45) is 0 Å². The van der Waals surface area contributed by atoms with Crippen LogP contribution in [0.5, 0.6) is 5.75 Å². The van der Waals surface area contributed by atoms with Crippen molar-refractivity contribution in [3.05, 3.63) is 58.9 Å². The Labute approximate surface area is 157 Å². The van der Waals surface area contributed by atoms with Crippen molar-refractivity contribution >= 4 is 23.3 Å². The first-order valence-corrected chi connectivity index (χ1v) is 8.80. The first-order valence-electron chi connectivity index (χ1n) is 8.42. The third-order valence-corrected chi connectivity index (χ3v) is 4.80. The Morgan fingerprint density at radius 2 is 1.85 bits per heavy atom. The zero-order valence-electron chi connectivity index (χ0n) is 14.5. The van der Waals surface area contributed by atoms with Crippen LogP contribution in [0.15, 0.2) is 42.5 Å². The molecule has 0 atom stereocenters. The van der Waals surface area contributed by atoms with Crippen LogP contribution in [0.4, 0.5) is 14.9 Å². The molecule has 2 aromatic carbocycles. The van der Waals surface area contributed by atoms with E-state index in [1.807, 2.05) is 0 Å². The van der Waals surface area contributed by atoms with Gasteiger partial charge in [0.25, 0.3) is 0 Å². The molecule has 0 aromatic heterocycles. The molecule has 0 radical (unpaired) electrons. The van der Waals surface area contributed by atoms with Gasteiger partial charge in [-0.1, -0.05) is 17.7 Å². The fourth-order valence-electron chi connectivity index (χ4n) is 2.89. The molecule has 0 saturated carbocycles. The van der Waals surface area contributed by atoms with Crippen LogP contribution in [0.25, 0.3) is 0 Å². The summed E-state index contributed by atoms with van der Waals surface area (Å²) in [4.78, 5) is 16.2. The molecule has 1 aliphatic heterocycles. The Hall–Kier alpha value is -2.31. The standard InChI is InChI=1S/C19H21ClFN3O2/c1-26-15-7-5-14(6-8-15)22-19(25)24-11-9-23(10-12-24)13-16-17(20)3-2-4-18(16)21/h2-8H,9-13H2,1H3,(H,22,25). The zero-order valence-corrected chi connectivity index (χ0v) is 15.3. The molecule has 3 rings (SSSR count). The molecule has 1 aliphatic rings. The van der Waals surface area contributed by atoms with E-state index >= 15 is 0 Å². The van der Waals surface area contributed by atoms with E-state index in [9.17, 15) is 9.18 Å². The molecule has 5 nitrogen and oxygen atoms in total. The number of rotatable bonds is 4. The number of halogens is 2. The molecule has 1 heterocycles. The van der Waals surface area contributed by atoms with Gasteiger partial charge in [-0.3, -0.25) is 4.90 Å². The number of nitrogens with zero attached hydrogens (tertiary/aromatic N) is 2. The lowest BCUT2D eigenvalue weighted by molar-refractivity contribution is 0.142. The van der Waals surface area contributed by atoms with Crippen LogP contribution in [-0.2, 0) is 6.54 Å². The number of methoxy groups -OCH3 is 1. The van der Waals surface area contributed by atoms with Crippen LogP contribution in [0.2, 0.25) is 5.02 Å². The number of nitrogens with one attached hydrogen (secondary N) is 1. The van der Waals surface area contributed by atoms with E-state index in [0.29, 0.717) is 43.3 Å². The Morgan fingerprint density at radius 1 is 1.15 bits per heavy atom. The Morgan fingerprint density at radius 3 is 2.46 bits per heavy atom. The van der Waals surface area contributed by atoms with Gasteiger partial charge in [-0.15, -0.1) is 0 Å². The van der Waals surface area contributed by atoms with Crippen molar-refractivity contribution in [3.63, 3.8) is 0 Å². The van der Waals surface area contributed by atoms with Crippen molar-refractivity contribution in [2.75, 3.05) is 38.6 Å². The minimum absolute atomic E-state index is 0.140. The minimum Gasteiger partial charge on any atom is -0.497 e. The van der Waals surface area contributed by atoms with Gasteiger partial charge < -0.3 is 15.0 Å². The number of urea groups is 1. The van der Waals surface area contributed by atoms with Crippen LogP contribution >= 0.6 is 11.6 Å². The third-order valence-electron chi connectivity index (χ3n) is 4.44. The van der Waals surface area contributed by atoms with Gasteiger partial charge in [-0.25, -0.2) is 9.18 Å². The molecule has 0 aliphatic carbocycles. The molecular formula is C19H21ClFN3O2. The van der Waals surface area contributed by atoms with Crippen LogP contribution in [0, 0.1) is 5.82 Å². The second kappa shape index (κ2) is 8.38. The van der Waals surface area contributed by atoms with Crippen molar-refractivity contribution in [1.29, 1.82) is 0 Å². The molecule has 0 spiro atoms. The van der Waals surface area contributed by atoms with Gasteiger partial charge in [0, 0.05) is 49.0 Å². The number of hydrogen-bond acceptors (Lipinski definition) is 3. The maximum Gasteiger partial charge on any atom is 0.321 e. The van der Waals surface area contributed by atoms with Crippen molar-refractivity contribution in [1.82, 2.24) is 9.80 Å². The Balaban J connectivity index is 1.52. The quantitative estimate of drug-likeness (QED) is 0.880. The first-order chi connectivity index (χ1) is 12.6. The van der Waals surface area contributed by atoms with Gasteiger partial charge in [0.2, 0.25) is 0 Å². The second-order valence-corrected chi connectivity index (χ2v) is 6.53. The topological polar surface area (TPSA) is 44.8 Å². The summed E-state index contributed by atoms with van der Waals surface area (Å²) in [7, 11) is 1.60. The van der Waals surface area contributed by atoms with E-state index < -0.39 is 0 Å². The van der Waals surface area contributed by atoms with E-state index in [1.54, 1.807) is 48.4 Å². The van der Waals surface area contributed by atoms with Gasteiger partial charge in [-0.2, -0.15) is 0 Å². The molecule has 7 heteroatoms. The second-order valence-electron chi connectivity index (χ2n) is 6.12. The van der Waals surface area contributed by atoms with E-state index in [-0.39, 0.29) is 11.8 Å². The lowest BCUT2D eigenvalue weighted by Crippen LogP contribution is -2.49. The fourth-order valence-corrected chi connectivity index (χ4v) is 3.12. The van der Waals surface area contributed by atoms with Gasteiger partial charge >= 0.3 is 6.03 Å². The maximum atomic E-state index is 13.9. The molecule has 1 N–H and O–H groups in total. The molecule has 0 unspecified atom stereocenters. The minimum atomic E-state index is -0.294. The van der Waals surface area contributed by atoms with Gasteiger partial charge in [-0.05, 0) is 36.4 Å². The maximum absolute atomic E-state index is 13.9. The van der Waals surface area contributed by atoms with E-state index in [0.717, 1.165) is 11.4 Å². The predicted octanol–water partition coefficient (Wildman–Crippen LogP) is 3.84. The molecule has 0 bridgehead atoms. The third kappa shape index (κ3) is 4.45. The highest BCUT2D eigenvalue weighted by Gasteiger charge is 2.22. The number of carbonyl (C=O) groups excluding carboxylic acids is 1. The Kier molecular flexibility index (Phi) is 5.96. The van der Waals surface area contributed by atoms with E-state index in [2.05, 4.69) is 10.2 Å². The Bertz CT molecular complexity index is 742. The number of hydrogen-bond donors (Lipinski definition) is 1. The summed E-state index contributed by atoms with van der Waals surface area (Å²) in [5.41, 5.74) is 1.22. The molecule has 2 aromatic rings. The number of piperazine rings is 1. The van der Waals surface area contributed by atoms with Crippen molar-refractivity contribution in [2.45, 2.75) is 6.54 Å². The lowest BCUT2D eigenvalue weighted by atomic mass is 10.2. The largest absolute Gasteiger partial charge is 0.497 e. The fraction of sp³-hybridized carbons (Fsp3) is 0.316. The average Bonchev–Trinajstić information content (AvgIpc) is 2.66. The summed E-state index contributed by atoms with van der Waals surface area (Å²) in [6.07, 6.45) is 0.